The third-order valence-corrected chi connectivity index (χ3v) is 7.26. The molecular weight excluding hydrogens is 360 g/mol. The van der Waals surface area contributed by atoms with Crippen molar-refractivity contribution < 1.29 is 8.42 Å². The van der Waals surface area contributed by atoms with Gasteiger partial charge in [0.2, 0.25) is 10.0 Å². The first-order valence-corrected chi connectivity index (χ1v) is 11.2. The van der Waals surface area contributed by atoms with Gasteiger partial charge in [-0.25, -0.2) is 22.7 Å². The van der Waals surface area contributed by atoms with E-state index in [1.165, 1.54) is 12.8 Å². The molecule has 2 aliphatic rings. The molecule has 1 aromatic carbocycles. The molecule has 1 aliphatic heterocycles. The molecule has 1 saturated heterocycles. The van der Waals surface area contributed by atoms with Gasteiger partial charge in [-0.2, -0.15) is 0 Å². The Bertz CT molecular complexity index is 876. The number of aromatic nitrogens is 2. The van der Waals surface area contributed by atoms with Gasteiger partial charge < -0.3 is 4.90 Å². The zero-order valence-electron chi connectivity index (χ0n) is 15.7. The Morgan fingerprint density at radius 1 is 1.11 bits per heavy atom. The van der Waals surface area contributed by atoms with Crippen molar-refractivity contribution in [2.75, 3.05) is 18.0 Å². The summed E-state index contributed by atoms with van der Waals surface area (Å²) in [6, 6.07) is 10.6. The Labute approximate surface area is 161 Å². The van der Waals surface area contributed by atoms with Crippen LogP contribution in [-0.4, -0.2) is 47.9 Å². The first-order chi connectivity index (χ1) is 13.0. The number of sulfonamides is 1. The average molecular weight is 387 g/mol. The van der Waals surface area contributed by atoms with E-state index in [4.69, 9.17) is 0 Å². The third-order valence-electron chi connectivity index (χ3n) is 5.41. The van der Waals surface area contributed by atoms with Crippen LogP contribution in [0.4, 0.5) is 5.82 Å². The summed E-state index contributed by atoms with van der Waals surface area (Å²) in [4.78, 5) is 10.8. The molecule has 1 saturated carbocycles. The molecule has 0 radical (unpaired) electrons. The molecule has 0 N–H and O–H groups in total. The first-order valence-electron chi connectivity index (χ1n) is 9.61. The summed E-state index contributed by atoms with van der Waals surface area (Å²) in [5.41, 5.74) is 1.95. The van der Waals surface area contributed by atoms with Crippen LogP contribution < -0.4 is 4.90 Å². The van der Waals surface area contributed by atoms with Crippen LogP contribution in [0.15, 0.2) is 42.9 Å². The van der Waals surface area contributed by atoms with E-state index in [-0.39, 0.29) is 5.75 Å². The molecule has 0 unspecified atom stereocenters. The molecule has 1 aliphatic carbocycles. The molecule has 7 heteroatoms. The van der Waals surface area contributed by atoms with Gasteiger partial charge in [0.1, 0.15) is 12.1 Å². The summed E-state index contributed by atoms with van der Waals surface area (Å²) >= 11 is 0. The lowest BCUT2D eigenvalue weighted by Crippen LogP contribution is -2.48. The van der Waals surface area contributed by atoms with Crippen molar-refractivity contribution in [1.29, 1.82) is 0 Å². The number of anilines is 1. The lowest BCUT2D eigenvalue weighted by Gasteiger charge is -2.39. The van der Waals surface area contributed by atoms with E-state index >= 15 is 0 Å². The van der Waals surface area contributed by atoms with Gasteiger partial charge in [0.25, 0.3) is 0 Å². The average Bonchev–Trinajstić information content (AvgIpc) is 3.48. The molecule has 2 fully saturated rings. The molecule has 2 aromatic rings. The SMILES string of the molecule is Cc1cccc(CS(=O)(=O)N2CCC(N(c3ccncn3)C3CC3)CC2)c1. The van der Waals surface area contributed by atoms with Crippen LogP contribution >= 0.6 is 0 Å². The standard InChI is InChI=1S/C20H26N4O2S/c1-16-3-2-4-17(13-16)14-27(25,26)23-11-8-19(9-12-23)24(18-5-6-18)20-7-10-21-15-22-20/h2-4,7,10,13,15,18-19H,5-6,8-9,11-12,14H2,1H3. The van der Waals surface area contributed by atoms with Crippen LogP contribution in [0.2, 0.25) is 0 Å². The van der Waals surface area contributed by atoms with Crippen molar-refractivity contribution in [2.24, 2.45) is 0 Å². The number of hydrogen-bond acceptors (Lipinski definition) is 5. The van der Waals surface area contributed by atoms with E-state index < -0.39 is 10.0 Å². The molecule has 0 spiro atoms. The molecule has 4 rings (SSSR count). The van der Waals surface area contributed by atoms with Gasteiger partial charge >= 0.3 is 0 Å². The Kier molecular flexibility index (Phi) is 5.14. The summed E-state index contributed by atoms with van der Waals surface area (Å²) < 4.78 is 27.4. The van der Waals surface area contributed by atoms with Crippen molar-refractivity contribution in [3.8, 4) is 0 Å². The lowest BCUT2D eigenvalue weighted by molar-refractivity contribution is 0.308. The van der Waals surface area contributed by atoms with Gasteiger partial charge in [-0.3, -0.25) is 0 Å². The molecule has 0 atom stereocenters. The molecular formula is C20H26N4O2S. The smallest absolute Gasteiger partial charge is 0.218 e. The molecule has 0 bridgehead atoms. The highest BCUT2D eigenvalue weighted by molar-refractivity contribution is 7.88. The third kappa shape index (κ3) is 4.30. The normalized spacial score (nSPS) is 19.1. The predicted molar refractivity (Wildman–Crippen MR) is 106 cm³/mol. The zero-order chi connectivity index (χ0) is 18.9. The Balaban J connectivity index is 1.42. The van der Waals surface area contributed by atoms with Crippen LogP contribution in [0.5, 0.6) is 0 Å². The van der Waals surface area contributed by atoms with E-state index in [2.05, 4.69) is 14.9 Å². The summed E-state index contributed by atoms with van der Waals surface area (Å²) in [6.07, 6.45) is 7.43. The Hall–Kier alpha value is -1.99. The van der Waals surface area contributed by atoms with Crippen molar-refractivity contribution in [2.45, 2.75) is 50.4 Å². The predicted octanol–water partition coefficient (Wildman–Crippen LogP) is 2.75. The van der Waals surface area contributed by atoms with Crippen molar-refractivity contribution in [1.82, 2.24) is 14.3 Å². The Morgan fingerprint density at radius 2 is 1.85 bits per heavy atom. The summed E-state index contributed by atoms with van der Waals surface area (Å²) in [7, 11) is -3.28. The number of hydrogen-bond donors (Lipinski definition) is 0. The van der Waals surface area contributed by atoms with Crippen molar-refractivity contribution in [3.63, 3.8) is 0 Å². The minimum Gasteiger partial charge on any atom is -0.350 e. The molecule has 2 heterocycles. The minimum absolute atomic E-state index is 0.0809. The highest BCUT2D eigenvalue weighted by Crippen LogP contribution is 2.35. The number of rotatable bonds is 6. The van der Waals surface area contributed by atoms with Crippen LogP contribution in [0.3, 0.4) is 0 Å². The highest BCUT2D eigenvalue weighted by atomic mass is 32.2. The van der Waals surface area contributed by atoms with Gasteiger partial charge in [0.15, 0.2) is 0 Å². The van der Waals surface area contributed by atoms with E-state index in [0.717, 1.165) is 29.8 Å². The number of benzene rings is 1. The fraction of sp³-hybridized carbons (Fsp3) is 0.500. The summed E-state index contributed by atoms with van der Waals surface area (Å²) in [6.45, 7) is 3.14. The molecule has 144 valence electrons. The highest BCUT2D eigenvalue weighted by Gasteiger charge is 2.38. The van der Waals surface area contributed by atoms with Gasteiger partial charge in [-0.05, 0) is 44.2 Å². The van der Waals surface area contributed by atoms with Crippen LogP contribution in [0, 0.1) is 6.92 Å². The lowest BCUT2D eigenvalue weighted by atomic mass is 10.0. The fourth-order valence-corrected chi connectivity index (χ4v) is 5.51. The Morgan fingerprint density at radius 3 is 2.48 bits per heavy atom. The first kappa shape index (κ1) is 18.4. The maximum Gasteiger partial charge on any atom is 0.218 e. The van der Waals surface area contributed by atoms with Gasteiger partial charge in [0, 0.05) is 31.4 Å². The zero-order valence-corrected chi connectivity index (χ0v) is 16.5. The topological polar surface area (TPSA) is 66.4 Å². The maximum atomic E-state index is 12.9. The number of aryl methyl sites for hydroxylation is 1. The van der Waals surface area contributed by atoms with E-state index in [1.807, 2.05) is 37.3 Å². The second kappa shape index (κ2) is 7.56. The summed E-state index contributed by atoms with van der Waals surface area (Å²) in [5.74, 6) is 1.05. The quantitative estimate of drug-likeness (QED) is 0.764. The van der Waals surface area contributed by atoms with Crippen molar-refractivity contribution >= 4 is 15.8 Å². The van der Waals surface area contributed by atoms with Crippen LogP contribution in [-0.2, 0) is 15.8 Å². The van der Waals surface area contributed by atoms with E-state index in [9.17, 15) is 8.42 Å². The molecule has 1 aromatic heterocycles. The number of piperidine rings is 1. The minimum atomic E-state index is -3.28. The fourth-order valence-electron chi connectivity index (χ4n) is 3.96. The van der Waals surface area contributed by atoms with Gasteiger partial charge in [-0.1, -0.05) is 29.8 Å². The monoisotopic (exact) mass is 386 g/mol. The van der Waals surface area contributed by atoms with Gasteiger partial charge in [-0.15, -0.1) is 0 Å². The molecule has 6 nitrogen and oxygen atoms in total. The van der Waals surface area contributed by atoms with Crippen LogP contribution in [0.1, 0.15) is 36.8 Å². The maximum absolute atomic E-state index is 12.9. The van der Waals surface area contributed by atoms with Crippen molar-refractivity contribution in [3.05, 3.63) is 54.0 Å². The number of nitrogens with zero attached hydrogens (tertiary/aromatic N) is 4. The van der Waals surface area contributed by atoms with E-state index in [0.29, 0.717) is 25.2 Å². The van der Waals surface area contributed by atoms with E-state index in [1.54, 1.807) is 16.8 Å². The second-order valence-electron chi connectivity index (χ2n) is 7.58. The second-order valence-corrected chi connectivity index (χ2v) is 9.55. The van der Waals surface area contributed by atoms with Crippen LogP contribution in [0.25, 0.3) is 0 Å². The summed E-state index contributed by atoms with van der Waals surface area (Å²) in [5, 5.41) is 0. The molecule has 27 heavy (non-hydrogen) atoms. The molecule has 0 amide bonds. The largest absolute Gasteiger partial charge is 0.350 e. The van der Waals surface area contributed by atoms with Gasteiger partial charge in [0.05, 0.1) is 5.75 Å².